The summed E-state index contributed by atoms with van der Waals surface area (Å²) in [7, 11) is 2.96. The Morgan fingerprint density at radius 2 is 1.58 bits per heavy atom. The minimum atomic E-state index is -0.500. The van der Waals surface area contributed by atoms with Crippen LogP contribution in [0, 0.1) is 0 Å². The third-order valence-corrected chi connectivity index (χ3v) is 3.07. The van der Waals surface area contributed by atoms with Gasteiger partial charge in [-0.1, -0.05) is 12.1 Å². The van der Waals surface area contributed by atoms with Gasteiger partial charge < -0.3 is 15.1 Å². The van der Waals surface area contributed by atoms with E-state index in [1.165, 1.54) is 14.2 Å². The fourth-order valence-electron chi connectivity index (χ4n) is 2.11. The van der Waals surface area contributed by atoms with Crippen LogP contribution in [-0.4, -0.2) is 71.0 Å². The molecule has 1 aromatic carbocycles. The minimum Gasteiger partial charge on any atom is -0.391 e. The fourth-order valence-corrected chi connectivity index (χ4v) is 2.11. The Hall–Kier alpha value is -1.80. The zero-order valence-electron chi connectivity index (χ0n) is 14.8. The topological polar surface area (TPSA) is 90.3 Å². The molecular weight excluding hydrogens is 312 g/mol. The van der Waals surface area contributed by atoms with E-state index in [1.54, 1.807) is 45.0 Å². The molecule has 134 valence electrons. The molecule has 0 saturated carbocycles. The second kappa shape index (κ2) is 8.34. The molecule has 0 fully saturated rings. The van der Waals surface area contributed by atoms with Gasteiger partial charge in [0.25, 0.3) is 11.8 Å². The predicted octanol–water partition coefficient (Wildman–Crippen LogP) is 1.40. The van der Waals surface area contributed by atoms with Gasteiger partial charge in [-0.25, -0.2) is 0 Å². The average molecular weight is 338 g/mol. The zero-order valence-corrected chi connectivity index (χ0v) is 14.8. The number of carbonyl (C=O) groups is 2. The maximum absolute atomic E-state index is 12.1. The van der Waals surface area contributed by atoms with Crippen LogP contribution in [0.1, 0.15) is 41.5 Å². The number of hydroxylamine groups is 2. The van der Waals surface area contributed by atoms with Gasteiger partial charge in [0.1, 0.15) is 0 Å². The molecule has 1 atom stereocenters. The average Bonchev–Trinajstić information content (AvgIpc) is 2.70. The van der Waals surface area contributed by atoms with Gasteiger partial charge in [-0.2, -0.15) is 5.06 Å². The molecule has 7 nitrogen and oxygen atoms in total. The van der Waals surface area contributed by atoms with Crippen LogP contribution >= 0.6 is 0 Å². The van der Waals surface area contributed by atoms with E-state index in [1.807, 2.05) is 0 Å². The SMILES string of the molecule is CC(C)(C)O.CO[C@@H](CN(C)O)CN1C(=O)c2ccccc2C1=O. The van der Waals surface area contributed by atoms with Crippen molar-refractivity contribution in [3.63, 3.8) is 0 Å². The molecule has 2 rings (SSSR count). The molecule has 1 aromatic rings. The molecule has 1 heterocycles. The van der Waals surface area contributed by atoms with Gasteiger partial charge in [-0.15, -0.1) is 0 Å². The molecule has 1 aliphatic rings. The van der Waals surface area contributed by atoms with Gasteiger partial charge in [0.2, 0.25) is 0 Å². The monoisotopic (exact) mass is 338 g/mol. The number of aliphatic hydroxyl groups is 1. The lowest BCUT2D eigenvalue weighted by Crippen LogP contribution is -2.42. The molecule has 0 saturated heterocycles. The van der Waals surface area contributed by atoms with E-state index in [-0.39, 0.29) is 24.9 Å². The van der Waals surface area contributed by atoms with E-state index in [2.05, 4.69) is 0 Å². The summed E-state index contributed by atoms with van der Waals surface area (Å²) in [5.41, 5.74) is 0.333. The first-order valence-corrected chi connectivity index (χ1v) is 7.65. The minimum absolute atomic E-state index is 0.119. The van der Waals surface area contributed by atoms with Crippen LogP contribution in [0.3, 0.4) is 0 Å². The van der Waals surface area contributed by atoms with E-state index < -0.39 is 11.7 Å². The molecule has 7 heteroatoms. The van der Waals surface area contributed by atoms with Crippen molar-refractivity contribution in [3.05, 3.63) is 35.4 Å². The smallest absolute Gasteiger partial charge is 0.261 e. The number of rotatable bonds is 5. The number of fused-ring (bicyclic) bond motifs is 1. The quantitative estimate of drug-likeness (QED) is 0.623. The fraction of sp³-hybridized carbons (Fsp3) is 0.529. The lowest BCUT2D eigenvalue weighted by atomic mass is 10.1. The summed E-state index contributed by atoms with van der Waals surface area (Å²) < 4.78 is 5.17. The number of carbonyl (C=O) groups excluding carboxylic acids is 2. The Bertz CT molecular complexity index is 540. The number of hydrogen-bond donors (Lipinski definition) is 2. The van der Waals surface area contributed by atoms with E-state index in [4.69, 9.17) is 9.84 Å². The number of amides is 2. The summed E-state index contributed by atoms with van der Waals surface area (Å²) in [4.78, 5) is 25.4. The van der Waals surface area contributed by atoms with Crippen LogP contribution in [0.25, 0.3) is 0 Å². The van der Waals surface area contributed by atoms with Crippen LogP contribution in [0.15, 0.2) is 24.3 Å². The van der Waals surface area contributed by atoms with Crippen molar-refractivity contribution in [2.45, 2.75) is 32.5 Å². The molecule has 24 heavy (non-hydrogen) atoms. The highest BCUT2D eigenvalue weighted by Crippen LogP contribution is 2.22. The van der Waals surface area contributed by atoms with Gasteiger partial charge in [-0.05, 0) is 32.9 Å². The highest BCUT2D eigenvalue weighted by atomic mass is 16.5. The molecule has 0 aromatic heterocycles. The van der Waals surface area contributed by atoms with Gasteiger partial charge in [0.15, 0.2) is 0 Å². The standard InChI is InChI=1S/C13H16N2O4.C4H10O/c1-14(18)7-9(19-2)8-15-12(16)10-5-3-4-6-11(10)13(15)17;1-4(2,3)5/h3-6,9,18H,7-8H2,1-2H3;5H,1-3H3/t9-;/m0./s1. The molecule has 1 aliphatic heterocycles. The third-order valence-electron chi connectivity index (χ3n) is 3.07. The van der Waals surface area contributed by atoms with E-state index >= 15 is 0 Å². The van der Waals surface area contributed by atoms with Gasteiger partial charge >= 0.3 is 0 Å². The first kappa shape index (κ1) is 20.2. The summed E-state index contributed by atoms with van der Waals surface area (Å²) in [6, 6.07) is 6.72. The van der Waals surface area contributed by atoms with E-state index in [0.29, 0.717) is 11.1 Å². The third kappa shape index (κ3) is 6.01. The van der Waals surface area contributed by atoms with E-state index in [0.717, 1.165) is 9.96 Å². The summed E-state index contributed by atoms with van der Waals surface area (Å²) in [5, 5.41) is 18.7. The summed E-state index contributed by atoms with van der Waals surface area (Å²) in [6.07, 6.45) is -0.433. The normalized spacial score (nSPS) is 15.2. The predicted molar refractivity (Wildman–Crippen MR) is 89.0 cm³/mol. The summed E-state index contributed by atoms with van der Waals surface area (Å²) in [6.45, 7) is 5.56. The first-order chi connectivity index (χ1) is 11.0. The van der Waals surface area contributed by atoms with Gasteiger partial charge in [0, 0.05) is 14.2 Å². The van der Waals surface area contributed by atoms with Crippen LogP contribution in [0.5, 0.6) is 0 Å². The van der Waals surface area contributed by atoms with Crippen LogP contribution in [0.2, 0.25) is 0 Å². The van der Waals surface area contributed by atoms with E-state index in [9.17, 15) is 14.8 Å². The Kier molecular flexibility index (Phi) is 7.04. The molecule has 0 radical (unpaired) electrons. The molecular formula is C17H26N2O5. The maximum Gasteiger partial charge on any atom is 0.261 e. The Balaban J connectivity index is 0.000000505. The lowest BCUT2D eigenvalue weighted by molar-refractivity contribution is -0.0981. The highest BCUT2D eigenvalue weighted by molar-refractivity contribution is 6.21. The Labute approximate surface area is 142 Å². The second-order valence-electron chi connectivity index (χ2n) is 6.64. The number of hydrogen-bond acceptors (Lipinski definition) is 6. The van der Waals surface area contributed by atoms with Crippen molar-refractivity contribution in [1.82, 2.24) is 9.96 Å². The second-order valence-corrected chi connectivity index (χ2v) is 6.64. The first-order valence-electron chi connectivity index (χ1n) is 7.65. The number of likely N-dealkylation sites (N-methyl/N-ethyl adjacent to an activating group) is 1. The van der Waals surface area contributed by atoms with Crippen molar-refractivity contribution in [1.29, 1.82) is 0 Å². The lowest BCUT2D eigenvalue weighted by Gasteiger charge is -2.23. The van der Waals surface area contributed by atoms with Crippen molar-refractivity contribution in [2.24, 2.45) is 0 Å². The van der Waals surface area contributed by atoms with Crippen LogP contribution in [-0.2, 0) is 4.74 Å². The number of benzene rings is 1. The van der Waals surface area contributed by atoms with Crippen molar-refractivity contribution < 1.29 is 24.6 Å². The highest BCUT2D eigenvalue weighted by Gasteiger charge is 2.36. The molecule has 2 amide bonds. The van der Waals surface area contributed by atoms with Crippen LogP contribution < -0.4 is 0 Å². The van der Waals surface area contributed by atoms with Gasteiger partial charge in [-0.3, -0.25) is 14.5 Å². The Morgan fingerprint density at radius 3 is 1.92 bits per heavy atom. The molecule has 0 aliphatic carbocycles. The number of ether oxygens (including phenoxy) is 1. The van der Waals surface area contributed by atoms with Crippen molar-refractivity contribution in [2.75, 3.05) is 27.2 Å². The summed E-state index contributed by atoms with van der Waals surface area (Å²) in [5.74, 6) is -0.633. The zero-order chi connectivity index (χ0) is 18.5. The number of methoxy groups -OCH3 is 1. The molecule has 0 unspecified atom stereocenters. The Morgan fingerprint density at radius 1 is 1.17 bits per heavy atom. The van der Waals surface area contributed by atoms with Crippen molar-refractivity contribution in [3.8, 4) is 0 Å². The molecule has 2 N–H and O–H groups in total. The molecule has 0 spiro atoms. The molecule has 0 bridgehead atoms. The number of imide groups is 1. The number of nitrogens with zero attached hydrogens (tertiary/aromatic N) is 2. The van der Waals surface area contributed by atoms with Crippen molar-refractivity contribution >= 4 is 11.8 Å². The summed E-state index contributed by atoms with van der Waals surface area (Å²) >= 11 is 0. The van der Waals surface area contributed by atoms with Crippen LogP contribution in [0.4, 0.5) is 0 Å². The largest absolute Gasteiger partial charge is 0.391 e. The maximum atomic E-state index is 12.1. The van der Waals surface area contributed by atoms with Gasteiger partial charge in [0.05, 0.1) is 35.9 Å².